The molecule has 12 heteroatoms. The zero-order valence-corrected chi connectivity index (χ0v) is 20.8. The third-order valence-corrected chi connectivity index (χ3v) is 8.82. The van der Waals surface area contributed by atoms with E-state index in [2.05, 4.69) is 27.0 Å². The molecule has 0 bridgehead atoms. The van der Waals surface area contributed by atoms with Gasteiger partial charge in [0.2, 0.25) is 0 Å². The van der Waals surface area contributed by atoms with E-state index in [0.717, 1.165) is 25.9 Å². The Morgan fingerprint density at radius 1 is 1.22 bits per heavy atom. The maximum Gasteiger partial charge on any atom is 0.387 e. The molecule has 2 aromatic heterocycles. The summed E-state index contributed by atoms with van der Waals surface area (Å²) < 4.78 is 55.2. The zero-order valence-electron chi connectivity index (χ0n) is 19.9. The lowest BCUT2D eigenvalue weighted by atomic mass is 10.0. The summed E-state index contributed by atoms with van der Waals surface area (Å²) in [6.07, 6.45) is 3.14. The molecule has 36 heavy (non-hydrogen) atoms. The lowest BCUT2D eigenvalue weighted by Crippen LogP contribution is -2.63. The first-order valence-corrected chi connectivity index (χ1v) is 13.5. The lowest BCUT2D eigenvalue weighted by Gasteiger charge is -2.38. The molecule has 0 saturated carbocycles. The van der Waals surface area contributed by atoms with Crippen molar-refractivity contribution in [2.75, 3.05) is 31.6 Å². The Labute approximate surface area is 207 Å². The van der Waals surface area contributed by atoms with Gasteiger partial charge in [-0.1, -0.05) is 12.1 Å². The van der Waals surface area contributed by atoms with Gasteiger partial charge in [0.05, 0.1) is 34.2 Å². The maximum absolute atomic E-state index is 13.0. The minimum Gasteiger partial charge on any atom is -0.435 e. The van der Waals surface area contributed by atoms with Gasteiger partial charge >= 0.3 is 6.61 Å². The molecule has 1 aromatic carbocycles. The van der Waals surface area contributed by atoms with Crippen molar-refractivity contribution in [3.8, 4) is 17.0 Å². The summed E-state index contributed by atoms with van der Waals surface area (Å²) in [5.74, 6) is -0.595. The minimum atomic E-state index is -3.12. The van der Waals surface area contributed by atoms with Crippen molar-refractivity contribution < 1.29 is 26.7 Å². The molecule has 9 nitrogen and oxygen atoms in total. The van der Waals surface area contributed by atoms with Crippen LogP contribution in [0.3, 0.4) is 0 Å². The average Bonchev–Trinajstić information content (AvgIpc) is 3.16. The fourth-order valence-electron chi connectivity index (χ4n) is 5.02. The Morgan fingerprint density at radius 3 is 2.61 bits per heavy atom. The van der Waals surface area contributed by atoms with Crippen molar-refractivity contribution in [1.82, 2.24) is 25.0 Å². The van der Waals surface area contributed by atoms with E-state index in [9.17, 15) is 22.0 Å². The summed E-state index contributed by atoms with van der Waals surface area (Å²) in [6, 6.07) is 8.09. The molecule has 0 aliphatic carbocycles. The maximum atomic E-state index is 13.0. The highest BCUT2D eigenvalue weighted by Crippen LogP contribution is 2.34. The van der Waals surface area contributed by atoms with Gasteiger partial charge in [-0.2, -0.15) is 13.9 Å². The van der Waals surface area contributed by atoms with Gasteiger partial charge in [0.25, 0.3) is 5.91 Å². The van der Waals surface area contributed by atoms with Crippen LogP contribution in [0.4, 0.5) is 8.78 Å². The Morgan fingerprint density at radius 2 is 1.94 bits per heavy atom. The number of aromatic nitrogens is 3. The number of carbonyl (C=O) groups excluding carboxylic acids is 1. The fraction of sp³-hybridized carbons (Fsp3) is 0.458. The first-order chi connectivity index (χ1) is 17.0. The molecule has 2 saturated heterocycles. The van der Waals surface area contributed by atoms with Crippen LogP contribution in [0.2, 0.25) is 0 Å². The van der Waals surface area contributed by atoms with Crippen LogP contribution in [-0.2, 0) is 9.84 Å². The second-order valence-corrected chi connectivity index (χ2v) is 11.9. The third-order valence-electron chi connectivity index (χ3n) is 6.67. The number of carbonyl (C=O) groups is 1. The van der Waals surface area contributed by atoms with E-state index in [4.69, 9.17) is 5.10 Å². The number of pyridine rings is 1. The molecule has 5 rings (SSSR count). The van der Waals surface area contributed by atoms with E-state index in [0.29, 0.717) is 27.9 Å². The average molecular weight is 520 g/mol. The number of piperidine rings is 1. The number of halogens is 2. The van der Waals surface area contributed by atoms with Gasteiger partial charge in [-0.3, -0.25) is 14.5 Å². The first kappa shape index (κ1) is 24.6. The molecule has 4 heterocycles. The quantitative estimate of drug-likeness (QED) is 0.534. The molecule has 2 aliphatic rings. The van der Waals surface area contributed by atoms with Crippen molar-refractivity contribution in [1.29, 1.82) is 0 Å². The molecular weight excluding hydrogens is 492 g/mol. The summed E-state index contributed by atoms with van der Waals surface area (Å²) in [7, 11) is -1.06. The van der Waals surface area contributed by atoms with Crippen molar-refractivity contribution in [2.24, 2.45) is 0 Å². The van der Waals surface area contributed by atoms with E-state index in [1.165, 1.54) is 18.3 Å². The number of alkyl halides is 2. The number of nitrogens with zero attached hydrogens (tertiary/aromatic N) is 4. The Bertz CT molecular complexity index is 1410. The van der Waals surface area contributed by atoms with Crippen molar-refractivity contribution in [3.05, 3.63) is 42.1 Å². The summed E-state index contributed by atoms with van der Waals surface area (Å²) in [4.78, 5) is 19.8. The highest BCUT2D eigenvalue weighted by molar-refractivity contribution is 7.93. The minimum absolute atomic E-state index is 0.0178. The van der Waals surface area contributed by atoms with Crippen LogP contribution in [-0.4, -0.2) is 77.8 Å². The summed E-state index contributed by atoms with van der Waals surface area (Å²) >= 11 is 0. The molecular formula is C24H27F2N5O4S. The third kappa shape index (κ3) is 4.92. The number of hydrogen-bond donors (Lipinski definition) is 1. The highest BCUT2D eigenvalue weighted by Gasteiger charge is 2.45. The molecule has 0 radical (unpaired) electrons. The van der Waals surface area contributed by atoms with Crippen molar-refractivity contribution in [2.45, 2.75) is 38.0 Å². The van der Waals surface area contributed by atoms with Gasteiger partial charge in [0.15, 0.2) is 9.84 Å². The van der Waals surface area contributed by atoms with Gasteiger partial charge in [0, 0.05) is 11.8 Å². The standard InChI is InChI=1S/C24H27F2N5O4S/c1-24(13-36(33,34)14-24)28-22(32)16-11-19-21(27-12-16)20(15-4-3-5-18(10-15)35-23(25)26)29-31(19)17-6-8-30(2)9-7-17/h3-5,10-12,17,23H,6-9,13-14H2,1-2H3,(H,28,32). The second kappa shape index (κ2) is 9.07. The summed E-state index contributed by atoms with van der Waals surface area (Å²) in [6.45, 7) is 0.534. The van der Waals surface area contributed by atoms with Crippen LogP contribution in [0.25, 0.3) is 22.3 Å². The number of nitrogens with one attached hydrogen (secondary N) is 1. The molecule has 3 aromatic rings. The number of likely N-dealkylation sites (tertiary alicyclic amines) is 1. The molecule has 2 aliphatic heterocycles. The second-order valence-electron chi connectivity index (χ2n) is 9.87. The van der Waals surface area contributed by atoms with Crippen LogP contribution >= 0.6 is 0 Å². The number of amides is 1. The highest BCUT2D eigenvalue weighted by atomic mass is 32.2. The molecule has 192 valence electrons. The predicted molar refractivity (Wildman–Crippen MR) is 130 cm³/mol. The molecule has 1 amide bonds. The van der Waals surface area contributed by atoms with E-state index in [-0.39, 0.29) is 23.3 Å². The number of sulfone groups is 1. The largest absolute Gasteiger partial charge is 0.435 e. The van der Waals surface area contributed by atoms with Gasteiger partial charge in [-0.05, 0) is 58.1 Å². The van der Waals surface area contributed by atoms with Gasteiger partial charge < -0.3 is 15.0 Å². The number of ether oxygens (including phenoxy) is 1. The molecule has 1 N–H and O–H groups in total. The number of benzene rings is 1. The molecule has 0 spiro atoms. The van der Waals surface area contributed by atoms with Crippen LogP contribution in [0.1, 0.15) is 36.2 Å². The smallest absolute Gasteiger partial charge is 0.387 e. The predicted octanol–water partition coefficient (Wildman–Crippen LogP) is 2.88. The number of rotatable bonds is 6. The molecule has 2 fully saturated rings. The first-order valence-electron chi connectivity index (χ1n) is 11.7. The van der Waals surface area contributed by atoms with E-state index in [1.54, 1.807) is 25.1 Å². The normalized spacial score (nSPS) is 19.8. The fourth-order valence-corrected chi connectivity index (χ4v) is 7.02. The molecule has 0 unspecified atom stereocenters. The molecule has 0 atom stereocenters. The van der Waals surface area contributed by atoms with Crippen molar-refractivity contribution in [3.63, 3.8) is 0 Å². The van der Waals surface area contributed by atoms with Gasteiger partial charge in [0.1, 0.15) is 17.0 Å². The SMILES string of the molecule is CN1CCC(n2nc(-c3cccc(OC(F)F)c3)c3ncc(C(=O)NC4(C)CS(=O)(=O)C4)cc32)CC1. The van der Waals surface area contributed by atoms with Gasteiger partial charge in [-0.25, -0.2) is 8.42 Å². The summed E-state index contributed by atoms with van der Waals surface area (Å²) in [5.41, 5.74) is 1.75. The Balaban J connectivity index is 1.54. The van der Waals surface area contributed by atoms with E-state index in [1.807, 2.05) is 4.68 Å². The van der Waals surface area contributed by atoms with E-state index < -0.39 is 27.9 Å². The summed E-state index contributed by atoms with van der Waals surface area (Å²) in [5, 5.41) is 7.65. The number of fused-ring (bicyclic) bond motifs is 1. The number of hydrogen-bond acceptors (Lipinski definition) is 7. The van der Waals surface area contributed by atoms with Crippen LogP contribution < -0.4 is 10.1 Å². The van der Waals surface area contributed by atoms with Crippen molar-refractivity contribution >= 4 is 26.8 Å². The zero-order chi connectivity index (χ0) is 25.7. The van der Waals surface area contributed by atoms with Crippen LogP contribution in [0.5, 0.6) is 5.75 Å². The lowest BCUT2D eigenvalue weighted by molar-refractivity contribution is -0.0498. The Hall–Kier alpha value is -3.12. The van der Waals surface area contributed by atoms with Crippen LogP contribution in [0.15, 0.2) is 36.5 Å². The van der Waals surface area contributed by atoms with Gasteiger partial charge in [-0.15, -0.1) is 0 Å². The Kier molecular flexibility index (Phi) is 6.19. The van der Waals surface area contributed by atoms with Crippen LogP contribution in [0, 0.1) is 0 Å². The van der Waals surface area contributed by atoms with E-state index >= 15 is 0 Å². The monoisotopic (exact) mass is 519 g/mol. The topological polar surface area (TPSA) is 106 Å².